The lowest BCUT2D eigenvalue weighted by Crippen LogP contribution is -2.43. The van der Waals surface area contributed by atoms with E-state index in [1.165, 1.54) is 15.6 Å². The van der Waals surface area contributed by atoms with Gasteiger partial charge in [-0.3, -0.25) is 4.79 Å². The third kappa shape index (κ3) is 3.66. The van der Waals surface area contributed by atoms with Crippen molar-refractivity contribution in [3.05, 3.63) is 41.4 Å². The Kier molecular flexibility index (Phi) is 4.98. The molecule has 2 aromatic rings. The predicted molar refractivity (Wildman–Crippen MR) is 93.4 cm³/mol. The first-order chi connectivity index (χ1) is 11.5. The van der Waals surface area contributed by atoms with E-state index in [0.29, 0.717) is 24.5 Å². The van der Waals surface area contributed by atoms with Crippen LogP contribution in [0.25, 0.3) is 0 Å². The molecule has 1 fully saturated rings. The van der Waals surface area contributed by atoms with Gasteiger partial charge in [0.1, 0.15) is 0 Å². The van der Waals surface area contributed by atoms with Crippen LogP contribution in [0.1, 0.15) is 18.5 Å². The molecule has 6 nitrogen and oxygen atoms in total. The molecule has 128 valence electrons. The molecule has 2 heterocycles. The molecule has 1 aliphatic heterocycles. The molecule has 3 rings (SSSR count). The standard InChI is InChI=1S/C16H19N3O3S2/c1-12-11-23-16(17-12)18-15(20)13-6-5-9-19(10-13)24(21,22)14-7-3-2-4-8-14/h2-4,7-8,11,13H,5-6,9-10H2,1H3,(H,17,18,20)/t13-/m1/s1. The van der Waals surface area contributed by atoms with Gasteiger partial charge in [0.25, 0.3) is 0 Å². The van der Waals surface area contributed by atoms with Crippen molar-refractivity contribution >= 4 is 32.4 Å². The van der Waals surface area contributed by atoms with Gasteiger partial charge in [-0.2, -0.15) is 4.31 Å². The van der Waals surface area contributed by atoms with E-state index in [1.807, 2.05) is 12.3 Å². The van der Waals surface area contributed by atoms with Gasteiger partial charge in [-0.15, -0.1) is 11.3 Å². The molecule has 1 amide bonds. The molecule has 1 N–H and O–H groups in total. The number of anilines is 1. The first-order valence-corrected chi connectivity index (χ1v) is 10.1. The SMILES string of the molecule is Cc1csc(NC(=O)[C@@H]2CCCN(S(=O)(=O)c3ccccc3)C2)n1. The van der Waals surface area contributed by atoms with Crippen LogP contribution in [0.5, 0.6) is 0 Å². The minimum Gasteiger partial charge on any atom is -0.302 e. The summed E-state index contributed by atoms with van der Waals surface area (Å²) in [7, 11) is -3.56. The summed E-state index contributed by atoms with van der Waals surface area (Å²) in [6.07, 6.45) is 1.35. The molecule has 8 heteroatoms. The van der Waals surface area contributed by atoms with Crippen molar-refractivity contribution in [3.8, 4) is 0 Å². The first kappa shape index (κ1) is 17.1. The van der Waals surface area contributed by atoms with E-state index < -0.39 is 10.0 Å². The fourth-order valence-corrected chi connectivity index (χ4v) is 4.97. The maximum atomic E-state index is 12.7. The lowest BCUT2D eigenvalue weighted by molar-refractivity contribution is -0.120. The maximum Gasteiger partial charge on any atom is 0.243 e. The number of nitrogens with zero attached hydrogens (tertiary/aromatic N) is 2. The Labute approximate surface area is 145 Å². The van der Waals surface area contributed by atoms with Crippen molar-refractivity contribution in [1.82, 2.24) is 9.29 Å². The minimum absolute atomic E-state index is 0.169. The van der Waals surface area contributed by atoms with Gasteiger partial charge in [0, 0.05) is 18.5 Å². The van der Waals surface area contributed by atoms with Crippen LogP contribution in [0.4, 0.5) is 5.13 Å². The molecule has 1 atom stereocenters. The first-order valence-electron chi connectivity index (χ1n) is 7.75. The predicted octanol–water partition coefficient (Wildman–Crippen LogP) is 2.49. The smallest absolute Gasteiger partial charge is 0.243 e. The lowest BCUT2D eigenvalue weighted by atomic mass is 9.99. The number of benzene rings is 1. The van der Waals surface area contributed by atoms with Crippen LogP contribution in [0, 0.1) is 12.8 Å². The van der Waals surface area contributed by atoms with Crippen molar-refractivity contribution in [2.75, 3.05) is 18.4 Å². The number of piperidine rings is 1. The van der Waals surface area contributed by atoms with Crippen LogP contribution < -0.4 is 5.32 Å². The van der Waals surface area contributed by atoms with Crippen LogP contribution in [0.3, 0.4) is 0 Å². The topological polar surface area (TPSA) is 79.4 Å². The highest BCUT2D eigenvalue weighted by Gasteiger charge is 2.33. The Morgan fingerprint density at radius 1 is 1.33 bits per heavy atom. The monoisotopic (exact) mass is 365 g/mol. The molecular formula is C16H19N3O3S2. The van der Waals surface area contributed by atoms with E-state index in [1.54, 1.807) is 30.3 Å². The number of carbonyl (C=O) groups is 1. The van der Waals surface area contributed by atoms with Crippen molar-refractivity contribution in [3.63, 3.8) is 0 Å². The van der Waals surface area contributed by atoms with E-state index in [9.17, 15) is 13.2 Å². The third-order valence-corrected chi connectivity index (χ3v) is 6.74. The summed E-state index contributed by atoms with van der Waals surface area (Å²) in [4.78, 5) is 16.9. The largest absolute Gasteiger partial charge is 0.302 e. The molecule has 0 unspecified atom stereocenters. The zero-order valence-corrected chi connectivity index (χ0v) is 14.9. The average molecular weight is 365 g/mol. The summed E-state index contributed by atoms with van der Waals surface area (Å²) < 4.78 is 26.8. The summed E-state index contributed by atoms with van der Waals surface area (Å²) in [5, 5.41) is 5.21. The van der Waals surface area contributed by atoms with Gasteiger partial charge in [-0.1, -0.05) is 18.2 Å². The van der Waals surface area contributed by atoms with Crippen molar-refractivity contribution < 1.29 is 13.2 Å². The van der Waals surface area contributed by atoms with Crippen molar-refractivity contribution in [2.45, 2.75) is 24.7 Å². The molecule has 0 aliphatic carbocycles. The molecule has 1 saturated heterocycles. The number of nitrogens with one attached hydrogen (secondary N) is 1. The summed E-state index contributed by atoms with van der Waals surface area (Å²) in [5.74, 6) is -0.529. The highest BCUT2D eigenvalue weighted by Crippen LogP contribution is 2.25. The highest BCUT2D eigenvalue weighted by molar-refractivity contribution is 7.89. The molecule has 1 aromatic carbocycles. The number of carbonyl (C=O) groups excluding carboxylic acids is 1. The number of amides is 1. The Hall–Kier alpha value is -1.77. The number of aryl methyl sites for hydroxylation is 1. The summed E-state index contributed by atoms with van der Waals surface area (Å²) in [6.45, 7) is 2.51. The summed E-state index contributed by atoms with van der Waals surface area (Å²) >= 11 is 1.37. The second-order valence-electron chi connectivity index (χ2n) is 5.80. The van der Waals surface area contributed by atoms with Gasteiger partial charge in [0.15, 0.2) is 5.13 Å². The fraction of sp³-hybridized carbons (Fsp3) is 0.375. The van der Waals surface area contributed by atoms with Gasteiger partial charge in [-0.25, -0.2) is 13.4 Å². The quantitative estimate of drug-likeness (QED) is 0.903. The van der Waals surface area contributed by atoms with Crippen LogP contribution in [0.15, 0.2) is 40.6 Å². The van der Waals surface area contributed by atoms with Crippen LogP contribution in [0.2, 0.25) is 0 Å². The second kappa shape index (κ2) is 7.00. The lowest BCUT2D eigenvalue weighted by Gasteiger charge is -2.31. The van der Waals surface area contributed by atoms with Crippen LogP contribution >= 0.6 is 11.3 Å². The van der Waals surface area contributed by atoms with Gasteiger partial charge in [0.05, 0.1) is 16.5 Å². The molecule has 0 spiro atoms. The zero-order chi connectivity index (χ0) is 17.2. The summed E-state index contributed by atoms with van der Waals surface area (Å²) in [5.41, 5.74) is 0.854. The highest BCUT2D eigenvalue weighted by atomic mass is 32.2. The molecular weight excluding hydrogens is 346 g/mol. The number of hydrogen-bond acceptors (Lipinski definition) is 5. The molecule has 1 aromatic heterocycles. The normalized spacial score (nSPS) is 19.1. The number of aromatic nitrogens is 1. The molecule has 0 bridgehead atoms. The van der Waals surface area contributed by atoms with E-state index in [4.69, 9.17) is 0 Å². The molecule has 0 saturated carbocycles. The van der Waals surface area contributed by atoms with Crippen LogP contribution in [-0.2, 0) is 14.8 Å². The molecule has 0 radical (unpaired) electrons. The molecule has 24 heavy (non-hydrogen) atoms. The Bertz CT molecular complexity index is 818. The number of thiazole rings is 1. The number of sulfonamides is 1. The van der Waals surface area contributed by atoms with Gasteiger partial charge < -0.3 is 5.32 Å². The van der Waals surface area contributed by atoms with Gasteiger partial charge >= 0.3 is 0 Å². The average Bonchev–Trinajstić information content (AvgIpc) is 3.00. The fourth-order valence-electron chi connectivity index (χ4n) is 2.74. The Morgan fingerprint density at radius 3 is 2.75 bits per heavy atom. The Balaban J connectivity index is 1.71. The van der Waals surface area contributed by atoms with Gasteiger partial charge in [0.2, 0.25) is 15.9 Å². The zero-order valence-electron chi connectivity index (χ0n) is 13.3. The number of hydrogen-bond donors (Lipinski definition) is 1. The molecule has 1 aliphatic rings. The minimum atomic E-state index is -3.56. The maximum absolute atomic E-state index is 12.7. The van der Waals surface area contributed by atoms with E-state index in [2.05, 4.69) is 10.3 Å². The van der Waals surface area contributed by atoms with E-state index in [0.717, 1.165) is 5.69 Å². The third-order valence-electron chi connectivity index (χ3n) is 3.99. The summed E-state index contributed by atoms with van der Waals surface area (Å²) in [6, 6.07) is 8.34. The second-order valence-corrected chi connectivity index (χ2v) is 8.59. The number of rotatable bonds is 4. The van der Waals surface area contributed by atoms with Crippen molar-refractivity contribution in [2.24, 2.45) is 5.92 Å². The van der Waals surface area contributed by atoms with E-state index in [-0.39, 0.29) is 23.3 Å². The van der Waals surface area contributed by atoms with Crippen LogP contribution in [-0.4, -0.2) is 36.7 Å². The van der Waals surface area contributed by atoms with Gasteiger partial charge in [-0.05, 0) is 31.9 Å². The van der Waals surface area contributed by atoms with Crippen molar-refractivity contribution in [1.29, 1.82) is 0 Å². The Morgan fingerprint density at radius 2 is 2.08 bits per heavy atom. The van der Waals surface area contributed by atoms with E-state index >= 15 is 0 Å².